The molecule has 0 atom stereocenters. The monoisotopic (exact) mass is 425 g/mol. The molecule has 0 bridgehead atoms. The molecule has 0 amide bonds. The lowest BCUT2D eigenvalue weighted by Crippen LogP contribution is -2.58. The lowest BCUT2D eigenvalue weighted by Gasteiger charge is -2.34. The van der Waals surface area contributed by atoms with Crippen molar-refractivity contribution < 1.29 is 33.7 Å². The van der Waals surface area contributed by atoms with Crippen molar-refractivity contribution in [2.75, 3.05) is 26.2 Å². The molecule has 1 aromatic rings. The van der Waals surface area contributed by atoms with Crippen molar-refractivity contribution in [2.45, 2.75) is 39.5 Å². The lowest BCUT2D eigenvalue weighted by atomic mass is 9.88. The van der Waals surface area contributed by atoms with E-state index in [9.17, 15) is 4.79 Å². The summed E-state index contributed by atoms with van der Waals surface area (Å²) in [5, 5.41) is 7.03. The molecule has 1 aliphatic carbocycles. The van der Waals surface area contributed by atoms with Gasteiger partial charge in [-0.3, -0.25) is 9.80 Å². The molecule has 160 valence electrons. The predicted octanol–water partition coefficient (Wildman–Crippen LogP) is -0.679. The Morgan fingerprint density at radius 3 is 2.34 bits per heavy atom. The Bertz CT molecular complexity index is 736. The van der Waals surface area contributed by atoms with E-state index < -0.39 is 10.2 Å². The van der Waals surface area contributed by atoms with Crippen LogP contribution in [-0.2, 0) is 4.79 Å². The van der Waals surface area contributed by atoms with E-state index in [0.717, 1.165) is 61.6 Å². The zero-order valence-corrected chi connectivity index (χ0v) is 17.6. The maximum absolute atomic E-state index is 12.5. The molecule has 29 heavy (non-hydrogen) atoms. The van der Waals surface area contributed by atoms with Gasteiger partial charge in [-0.05, 0) is 31.5 Å². The van der Waals surface area contributed by atoms with Gasteiger partial charge in [0.25, 0.3) is 0 Å². The van der Waals surface area contributed by atoms with E-state index in [0.29, 0.717) is 18.6 Å². The summed E-state index contributed by atoms with van der Waals surface area (Å²) in [5.74, 6) is 0.312. The van der Waals surface area contributed by atoms with Gasteiger partial charge in [-0.1, -0.05) is 44.2 Å². The number of nitrogens with zero attached hydrogens (tertiary/aromatic N) is 3. The second-order valence-electron chi connectivity index (χ2n) is 6.84. The van der Waals surface area contributed by atoms with Crippen molar-refractivity contribution in [1.82, 2.24) is 9.91 Å². The molecule has 0 radical (unpaired) electrons. The first-order valence-corrected chi connectivity index (χ1v) is 11.0. The van der Waals surface area contributed by atoms with Crippen molar-refractivity contribution >= 4 is 11.5 Å². The molecule has 2 aliphatic rings. The van der Waals surface area contributed by atoms with Gasteiger partial charge in [0.15, 0.2) is 5.78 Å². The van der Waals surface area contributed by atoms with Crippen LogP contribution in [0.3, 0.4) is 0 Å². The summed E-state index contributed by atoms with van der Waals surface area (Å²) in [7, 11) is -4.69. The van der Waals surface area contributed by atoms with Crippen LogP contribution in [0.5, 0.6) is 0 Å². The van der Waals surface area contributed by atoms with Crippen LogP contribution >= 0.6 is 0 Å². The number of carbonyl (C=O) groups excluding carboxylic acids is 1. The third-order valence-corrected chi connectivity index (χ3v) is 5.03. The van der Waals surface area contributed by atoms with Gasteiger partial charge in [-0.2, -0.15) is 19.1 Å². The minimum absolute atomic E-state index is 0.312. The van der Waals surface area contributed by atoms with Crippen LogP contribution in [0.1, 0.15) is 45.1 Å². The molecule has 1 heterocycles. The number of hydrazone groups is 1. The maximum atomic E-state index is 12.5. The lowest BCUT2D eigenvalue weighted by molar-refractivity contribution is -1.92. The number of carbonyl (C=O) groups is 1. The SMILES string of the molecule is CCN(CC)CCN1N=C(c2ccccc2)CC2=C1CCCC2=O.[O-][Cl+3]([O-])([O-])O. The topological polar surface area (TPSA) is 125 Å². The smallest absolute Gasteiger partial charge is 0.161 e. The molecule has 0 unspecified atom stereocenters. The van der Waals surface area contributed by atoms with Gasteiger partial charge < -0.3 is 4.90 Å². The summed E-state index contributed by atoms with van der Waals surface area (Å²) in [6.07, 6.45) is 3.30. The van der Waals surface area contributed by atoms with Gasteiger partial charge in [-0.15, -0.1) is 0 Å². The first-order valence-electron chi connectivity index (χ1n) is 9.74. The molecular formula is C20H28ClN3O5. The Morgan fingerprint density at radius 2 is 1.76 bits per heavy atom. The summed E-state index contributed by atoms with van der Waals surface area (Å²) in [5.41, 5.74) is 4.30. The molecule has 0 fully saturated rings. The summed E-state index contributed by atoms with van der Waals surface area (Å²) in [6, 6.07) is 10.2. The van der Waals surface area contributed by atoms with E-state index in [1.165, 1.54) is 0 Å². The molecule has 0 aromatic heterocycles. The van der Waals surface area contributed by atoms with E-state index >= 15 is 0 Å². The van der Waals surface area contributed by atoms with Gasteiger partial charge in [-0.25, -0.2) is 0 Å². The standard InChI is InChI=1S/C20H27N3O.ClHO4/c1-3-22(4-2)13-14-23-19-11-8-12-20(24)17(19)15-18(21-23)16-9-6-5-7-10-16;2-1(3,4)5/h5-7,9-10H,3-4,8,11-15H2,1-2H3;(H,2,3,4,5). The van der Waals surface area contributed by atoms with Gasteiger partial charge >= 0.3 is 0 Å². The molecular weight excluding hydrogens is 398 g/mol. The average Bonchev–Trinajstić information content (AvgIpc) is 2.68. The number of halogens is 1. The molecule has 9 heteroatoms. The highest BCUT2D eigenvalue weighted by Gasteiger charge is 2.29. The highest BCUT2D eigenvalue weighted by molar-refractivity contribution is 6.09. The van der Waals surface area contributed by atoms with Crippen LogP contribution in [0.4, 0.5) is 0 Å². The van der Waals surface area contributed by atoms with Crippen LogP contribution in [0.15, 0.2) is 46.7 Å². The van der Waals surface area contributed by atoms with Gasteiger partial charge in [0.05, 0.1) is 27.2 Å². The van der Waals surface area contributed by atoms with Crippen LogP contribution in [0.25, 0.3) is 0 Å². The third kappa shape index (κ3) is 7.50. The molecule has 1 aromatic carbocycles. The second kappa shape index (κ2) is 10.8. The number of hydrogen-bond acceptors (Lipinski definition) is 8. The van der Waals surface area contributed by atoms with Crippen molar-refractivity contribution in [2.24, 2.45) is 5.10 Å². The number of ketones is 1. The average molecular weight is 426 g/mol. The van der Waals surface area contributed by atoms with Crippen molar-refractivity contribution in [3.05, 3.63) is 47.2 Å². The molecule has 0 saturated carbocycles. The number of Topliss-reactive ketones (excluding diaryl/α,β-unsaturated/α-hetero) is 1. The van der Waals surface area contributed by atoms with E-state index in [1.807, 2.05) is 18.2 Å². The second-order valence-corrected chi connectivity index (χ2v) is 7.63. The van der Waals surface area contributed by atoms with E-state index in [1.54, 1.807) is 0 Å². The Hall–Kier alpha value is -1.81. The molecule has 3 rings (SSSR count). The highest BCUT2D eigenvalue weighted by Crippen LogP contribution is 2.32. The van der Waals surface area contributed by atoms with Crippen LogP contribution in [0, 0.1) is 10.2 Å². The fourth-order valence-electron chi connectivity index (χ4n) is 3.52. The molecule has 1 aliphatic heterocycles. The fraction of sp³-hybridized carbons (Fsp3) is 0.500. The first kappa shape index (κ1) is 23.5. The third-order valence-electron chi connectivity index (χ3n) is 5.03. The summed E-state index contributed by atoms with van der Waals surface area (Å²) >= 11 is 0. The van der Waals surface area contributed by atoms with Crippen LogP contribution < -0.4 is 14.0 Å². The van der Waals surface area contributed by atoms with E-state index in [-0.39, 0.29) is 0 Å². The van der Waals surface area contributed by atoms with Crippen LogP contribution in [-0.4, -0.2) is 52.2 Å². The van der Waals surface area contributed by atoms with E-state index in [4.69, 9.17) is 23.7 Å². The molecule has 0 saturated heterocycles. The number of benzene rings is 1. The highest BCUT2D eigenvalue weighted by atomic mass is 35.7. The van der Waals surface area contributed by atoms with Crippen molar-refractivity contribution in [3.63, 3.8) is 0 Å². The zero-order valence-electron chi connectivity index (χ0n) is 16.8. The quantitative estimate of drug-likeness (QED) is 0.640. The Balaban J connectivity index is 0.000000537. The molecule has 1 N–H and O–H groups in total. The number of allylic oxidation sites excluding steroid dienone is 2. The first-order chi connectivity index (χ1) is 13.7. The number of likely N-dealkylation sites (N-methyl/N-ethyl adjacent to an activating group) is 1. The predicted molar refractivity (Wildman–Crippen MR) is 100 cm³/mol. The zero-order chi connectivity index (χ0) is 21.4. The molecule has 0 spiro atoms. The summed E-state index contributed by atoms with van der Waals surface area (Å²) < 4.78 is 32.7. The Morgan fingerprint density at radius 1 is 1.14 bits per heavy atom. The van der Waals surface area contributed by atoms with Crippen LogP contribution in [0.2, 0.25) is 0 Å². The summed E-state index contributed by atoms with van der Waals surface area (Å²) in [6.45, 7) is 8.29. The maximum Gasteiger partial charge on any atom is 0.161 e. The van der Waals surface area contributed by atoms with Gasteiger partial charge in [0, 0.05) is 30.7 Å². The van der Waals surface area contributed by atoms with Gasteiger partial charge in [0.2, 0.25) is 0 Å². The number of rotatable bonds is 6. The summed E-state index contributed by atoms with van der Waals surface area (Å²) in [4.78, 5) is 14.9. The Kier molecular flexibility index (Phi) is 8.76. The van der Waals surface area contributed by atoms with Crippen molar-refractivity contribution in [1.29, 1.82) is 0 Å². The normalized spacial score (nSPS) is 17.0. The van der Waals surface area contributed by atoms with Crippen molar-refractivity contribution in [3.8, 4) is 0 Å². The van der Waals surface area contributed by atoms with E-state index in [2.05, 4.69) is 35.9 Å². The fourth-order valence-corrected chi connectivity index (χ4v) is 3.52. The minimum Gasteiger partial charge on any atom is -0.302 e. The minimum atomic E-state index is -4.69. The Labute approximate surface area is 173 Å². The van der Waals surface area contributed by atoms with Gasteiger partial charge in [0.1, 0.15) is 0 Å². The molecule has 8 nitrogen and oxygen atoms in total. The number of hydrogen-bond donors (Lipinski definition) is 1. The largest absolute Gasteiger partial charge is 0.302 e.